The monoisotopic (exact) mass is 214 g/mol. The van der Waals surface area contributed by atoms with Crippen molar-refractivity contribution >= 4 is 5.95 Å². The van der Waals surface area contributed by atoms with Gasteiger partial charge >= 0.3 is 0 Å². The zero-order chi connectivity index (χ0) is 11.0. The third kappa shape index (κ3) is 1.56. The molecule has 0 saturated carbocycles. The Bertz CT molecular complexity index is 486. The van der Waals surface area contributed by atoms with Gasteiger partial charge in [0.15, 0.2) is 0 Å². The molecule has 0 saturated heterocycles. The molecule has 82 valence electrons. The highest BCUT2D eigenvalue weighted by atomic mass is 15.4. The molecule has 3 rings (SSSR count). The van der Waals surface area contributed by atoms with E-state index in [1.54, 1.807) is 6.33 Å². The van der Waals surface area contributed by atoms with Crippen molar-refractivity contribution in [3.63, 3.8) is 0 Å². The predicted molar refractivity (Wildman–Crippen MR) is 62.4 cm³/mol. The second kappa shape index (κ2) is 3.63. The topological polar surface area (TPSA) is 42.7 Å². The minimum atomic E-state index is 0.481. The van der Waals surface area contributed by atoms with Crippen molar-refractivity contribution in [1.82, 2.24) is 14.8 Å². The molecule has 4 heteroatoms. The Balaban J connectivity index is 1.86. The summed E-state index contributed by atoms with van der Waals surface area (Å²) in [7, 11) is 0. The van der Waals surface area contributed by atoms with Crippen LogP contribution in [0, 0.1) is 6.92 Å². The number of hydrogen-bond acceptors (Lipinski definition) is 3. The van der Waals surface area contributed by atoms with Crippen molar-refractivity contribution in [3.05, 3.63) is 41.7 Å². The van der Waals surface area contributed by atoms with Crippen molar-refractivity contribution < 1.29 is 0 Å². The highest BCUT2D eigenvalue weighted by Gasteiger charge is 2.20. The average molecular weight is 214 g/mol. The summed E-state index contributed by atoms with van der Waals surface area (Å²) < 4.78 is 1.92. The molecule has 0 radical (unpaired) electrons. The van der Waals surface area contributed by atoms with Gasteiger partial charge in [-0.2, -0.15) is 10.1 Å². The largest absolute Gasteiger partial charge is 0.354 e. The van der Waals surface area contributed by atoms with Gasteiger partial charge in [-0.3, -0.25) is 0 Å². The van der Waals surface area contributed by atoms with Gasteiger partial charge in [-0.1, -0.05) is 29.8 Å². The van der Waals surface area contributed by atoms with Crippen LogP contribution in [0.3, 0.4) is 0 Å². The Morgan fingerprint density at radius 1 is 1.31 bits per heavy atom. The number of nitrogens with zero attached hydrogens (tertiary/aromatic N) is 3. The Hall–Kier alpha value is -1.84. The first-order chi connectivity index (χ1) is 7.83. The molecule has 1 aromatic carbocycles. The van der Waals surface area contributed by atoms with Crippen LogP contribution >= 0.6 is 0 Å². The molecular weight excluding hydrogens is 200 g/mol. The summed E-state index contributed by atoms with van der Waals surface area (Å²) in [6.07, 6.45) is 1.60. The fourth-order valence-electron chi connectivity index (χ4n) is 2.08. The second-order valence-electron chi connectivity index (χ2n) is 4.25. The van der Waals surface area contributed by atoms with Gasteiger partial charge in [0, 0.05) is 12.5 Å². The van der Waals surface area contributed by atoms with Crippen LogP contribution in [-0.4, -0.2) is 21.3 Å². The van der Waals surface area contributed by atoms with Crippen LogP contribution in [0.5, 0.6) is 0 Å². The molecule has 2 heterocycles. The maximum atomic E-state index is 4.19. The number of aryl methyl sites for hydroxylation is 1. The number of fused-ring (bicyclic) bond motifs is 1. The Kier molecular flexibility index (Phi) is 2.13. The van der Waals surface area contributed by atoms with Crippen molar-refractivity contribution in [2.75, 3.05) is 11.9 Å². The van der Waals surface area contributed by atoms with Crippen LogP contribution in [-0.2, 0) is 6.54 Å². The third-order valence-corrected chi connectivity index (χ3v) is 3.06. The van der Waals surface area contributed by atoms with Crippen LogP contribution < -0.4 is 5.32 Å². The first kappa shape index (κ1) is 9.39. The van der Waals surface area contributed by atoms with Crippen LogP contribution in [0.25, 0.3) is 0 Å². The highest BCUT2D eigenvalue weighted by molar-refractivity contribution is 5.32. The summed E-state index contributed by atoms with van der Waals surface area (Å²) in [5, 5.41) is 7.49. The Morgan fingerprint density at radius 3 is 2.94 bits per heavy atom. The maximum absolute atomic E-state index is 4.19. The third-order valence-electron chi connectivity index (χ3n) is 3.06. The van der Waals surface area contributed by atoms with E-state index in [1.165, 1.54) is 11.1 Å². The molecule has 0 bridgehead atoms. The normalized spacial score (nSPS) is 18.9. The van der Waals surface area contributed by atoms with Crippen LogP contribution in [0.1, 0.15) is 17.0 Å². The fraction of sp³-hybridized carbons (Fsp3) is 0.333. The van der Waals surface area contributed by atoms with Crippen LogP contribution in [0.15, 0.2) is 30.6 Å². The van der Waals surface area contributed by atoms with E-state index in [4.69, 9.17) is 0 Å². The summed E-state index contributed by atoms with van der Waals surface area (Å²) in [4.78, 5) is 4.14. The molecule has 2 aromatic rings. The lowest BCUT2D eigenvalue weighted by Gasteiger charge is -2.24. The summed E-state index contributed by atoms with van der Waals surface area (Å²) in [6, 6.07) is 8.71. The predicted octanol–water partition coefficient (Wildman–Crippen LogP) is 1.80. The van der Waals surface area contributed by atoms with Crippen molar-refractivity contribution in [2.45, 2.75) is 19.4 Å². The Labute approximate surface area is 94.3 Å². The van der Waals surface area contributed by atoms with E-state index in [0.29, 0.717) is 5.92 Å². The van der Waals surface area contributed by atoms with Gasteiger partial charge in [-0.15, -0.1) is 0 Å². The molecular formula is C12H14N4. The highest BCUT2D eigenvalue weighted by Crippen LogP contribution is 2.23. The molecule has 16 heavy (non-hydrogen) atoms. The zero-order valence-electron chi connectivity index (χ0n) is 9.22. The first-order valence-electron chi connectivity index (χ1n) is 5.51. The number of benzene rings is 1. The van der Waals surface area contributed by atoms with Gasteiger partial charge in [0.1, 0.15) is 6.33 Å². The first-order valence-corrected chi connectivity index (χ1v) is 5.51. The van der Waals surface area contributed by atoms with Gasteiger partial charge in [0.2, 0.25) is 5.95 Å². The number of aromatic nitrogens is 3. The van der Waals surface area contributed by atoms with Gasteiger partial charge in [0.25, 0.3) is 0 Å². The summed E-state index contributed by atoms with van der Waals surface area (Å²) >= 11 is 0. The minimum absolute atomic E-state index is 0.481. The van der Waals surface area contributed by atoms with E-state index in [2.05, 4.69) is 46.6 Å². The molecule has 1 aliphatic rings. The van der Waals surface area contributed by atoms with Gasteiger partial charge < -0.3 is 5.32 Å². The standard InChI is InChI=1S/C12H14N4/c1-9-2-4-10(5-3-9)11-6-13-12-14-8-15-16(12)7-11/h2-5,8,11H,6-7H2,1H3,(H,13,14,15). The van der Waals surface area contributed by atoms with Crippen LogP contribution in [0.4, 0.5) is 5.95 Å². The van der Waals surface area contributed by atoms with Crippen molar-refractivity contribution in [1.29, 1.82) is 0 Å². The zero-order valence-corrected chi connectivity index (χ0v) is 9.22. The van der Waals surface area contributed by atoms with E-state index >= 15 is 0 Å². The number of nitrogens with one attached hydrogen (secondary N) is 1. The smallest absolute Gasteiger partial charge is 0.221 e. The summed E-state index contributed by atoms with van der Waals surface area (Å²) in [5.74, 6) is 1.36. The molecule has 1 N–H and O–H groups in total. The van der Waals surface area contributed by atoms with Gasteiger partial charge in [-0.05, 0) is 12.5 Å². The van der Waals surface area contributed by atoms with E-state index in [9.17, 15) is 0 Å². The van der Waals surface area contributed by atoms with E-state index < -0.39 is 0 Å². The summed E-state index contributed by atoms with van der Waals surface area (Å²) in [6.45, 7) is 3.95. The Morgan fingerprint density at radius 2 is 2.12 bits per heavy atom. The molecule has 1 aromatic heterocycles. The fourth-order valence-corrected chi connectivity index (χ4v) is 2.08. The molecule has 4 nitrogen and oxygen atoms in total. The molecule has 0 fully saturated rings. The summed E-state index contributed by atoms with van der Waals surface area (Å²) in [5.41, 5.74) is 2.66. The minimum Gasteiger partial charge on any atom is -0.354 e. The van der Waals surface area contributed by atoms with Gasteiger partial charge in [-0.25, -0.2) is 4.68 Å². The lowest BCUT2D eigenvalue weighted by molar-refractivity contribution is 0.503. The molecule has 1 aliphatic heterocycles. The van der Waals surface area contributed by atoms with Crippen molar-refractivity contribution in [3.8, 4) is 0 Å². The molecule has 0 aliphatic carbocycles. The maximum Gasteiger partial charge on any atom is 0.221 e. The molecule has 1 atom stereocenters. The van der Waals surface area contributed by atoms with Gasteiger partial charge in [0.05, 0.1) is 6.54 Å². The number of hydrogen-bond donors (Lipinski definition) is 1. The lowest BCUT2D eigenvalue weighted by Crippen LogP contribution is -2.26. The van der Waals surface area contributed by atoms with Crippen molar-refractivity contribution in [2.24, 2.45) is 0 Å². The van der Waals surface area contributed by atoms with Crippen LogP contribution in [0.2, 0.25) is 0 Å². The molecule has 1 unspecified atom stereocenters. The molecule has 0 spiro atoms. The quantitative estimate of drug-likeness (QED) is 0.787. The lowest BCUT2D eigenvalue weighted by atomic mass is 9.97. The second-order valence-corrected chi connectivity index (χ2v) is 4.25. The average Bonchev–Trinajstić information content (AvgIpc) is 2.77. The van der Waals surface area contributed by atoms with E-state index in [1.807, 2.05) is 4.68 Å². The number of anilines is 1. The van der Waals surface area contributed by atoms with E-state index in [0.717, 1.165) is 19.0 Å². The van der Waals surface area contributed by atoms with E-state index in [-0.39, 0.29) is 0 Å². The number of rotatable bonds is 1. The SMILES string of the molecule is Cc1ccc(C2CNc3ncnn3C2)cc1. The molecule has 0 amide bonds.